The lowest BCUT2D eigenvalue weighted by molar-refractivity contribution is 0.473. The van der Waals surface area contributed by atoms with Gasteiger partial charge >= 0.3 is 0 Å². The molecule has 0 bridgehead atoms. The van der Waals surface area contributed by atoms with Crippen molar-refractivity contribution < 1.29 is 0 Å². The van der Waals surface area contributed by atoms with Crippen molar-refractivity contribution in [2.45, 2.75) is 32.2 Å². The van der Waals surface area contributed by atoms with E-state index in [1.807, 2.05) is 0 Å². The number of benzene rings is 9. The van der Waals surface area contributed by atoms with Crippen LogP contribution in [0, 0.1) is 5.92 Å². The largest absolute Gasteiger partial charge is 0.336 e. The van der Waals surface area contributed by atoms with Crippen molar-refractivity contribution in [3.8, 4) is 22.7 Å². The van der Waals surface area contributed by atoms with Gasteiger partial charge in [-0.15, -0.1) is 0 Å². The van der Waals surface area contributed by atoms with E-state index in [0.29, 0.717) is 11.8 Å². The van der Waals surface area contributed by atoms with E-state index in [1.165, 1.54) is 109 Å². The van der Waals surface area contributed by atoms with Gasteiger partial charge in [0.2, 0.25) is 0 Å². The van der Waals surface area contributed by atoms with E-state index >= 15 is 0 Å². The van der Waals surface area contributed by atoms with Gasteiger partial charge in [-0.25, -0.2) is 0 Å². The Balaban J connectivity index is 1.00. The van der Waals surface area contributed by atoms with Gasteiger partial charge in [0.1, 0.15) is 0 Å². The molecule has 73 heavy (non-hydrogen) atoms. The minimum Gasteiger partial charge on any atom is -0.336 e. The third-order valence-electron chi connectivity index (χ3n) is 16.5. The molecular formula is C68H49N5. The summed E-state index contributed by atoms with van der Waals surface area (Å²) >= 11 is 0. The summed E-state index contributed by atoms with van der Waals surface area (Å²) in [6.45, 7) is 4.77. The minimum absolute atomic E-state index is 0.239. The number of fused-ring (bicyclic) bond motifs is 17. The fraction of sp³-hybridized carbons (Fsp3) is 0.0882. The van der Waals surface area contributed by atoms with E-state index in [1.54, 1.807) is 0 Å². The molecule has 346 valence electrons. The summed E-state index contributed by atoms with van der Waals surface area (Å²) in [4.78, 5) is 0. The maximum Gasteiger partial charge on any atom is 0.0641 e. The standard InChI is InChI=1S/C68H49N5/c1-42-18-9-13-28-56(42)73-63-39-35-51-49-25-11-15-30-58(49)72(68(51)65(63)53-27-17-19-43(2)66(53)73)47-33-37-61-55(41-47)54-40-46(32-36-60(54)69(61)44-20-5-3-6-21-44)71-57-29-14-10-24-48(57)50-34-38-62-64(67(50)71)52-26-12-16-31-59(52)70(62)45-22-7-4-8-23-45/h3-18,20-43,56H,19H2,1-2H3. The van der Waals surface area contributed by atoms with Crippen molar-refractivity contribution in [3.05, 3.63) is 236 Å². The van der Waals surface area contributed by atoms with Crippen LogP contribution in [0.4, 0.5) is 0 Å². The summed E-state index contributed by atoms with van der Waals surface area (Å²) in [5, 5.41) is 11.3. The average Bonchev–Trinajstić information content (AvgIpc) is 4.24. The topological polar surface area (TPSA) is 24.6 Å². The Morgan fingerprint density at radius 1 is 0.370 bits per heavy atom. The van der Waals surface area contributed by atoms with Crippen LogP contribution in [0.5, 0.6) is 0 Å². The Kier molecular flexibility index (Phi) is 8.48. The highest BCUT2D eigenvalue weighted by atomic mass is 15.1. The molecule has 0 saturated heterocycles. The molecule has 0 radical (unpaired) electrons. The van der Waals surface area contributed by atoms with Crippen molar-refractivity contribution in [3.63, 3.8) is 0 Å². The molecule has 9 aromatic carbocycles. The van der Waals surface area contributed by atoms with Crippen LogP contribution in [0.1, 0.15) is 43.5 Å². The molecule has 5 aromatic heterocycles. The zero-order valence-corrected chi connectivity index (χ0v) is 40.6. The lowest BCUT2D eigenvalue weighted by Gasteiger charge is -2.28. The summed E-state index contributed by atoms with van der Waals surface area (Å²) in [6.07, 6.45) is 15.1. The monoisotopic (exact) mass is 935 g/mol. The Morgan fingerprint density at radius 3 is 1.45 bits per heavy atom. The van der Waals surface area contributed by atoms with Crippen LogP contribution in [0.2, 0.25) is 0 Å². The molecule has 0 aliphatic heterocycles. The first-order chi connectivity index (χ1) is 36.1. The minimum atomic E-state index is 0.239. The maximum atomic E-state index is 2.69. The van der Waals surface area contributed by atoms with Crippen LogP contribution in [0.25, 0.3) is 127 Å². The molecule has 16 rings (SSSR count). The van der Waals surface area contributed by atoms with Crippen molar-refractivity contribution >= 4 is 104 Å². The predicted molar refractivity (Wildman–Crippen MR) is 308 cm³/mol. The van der Waals surface area contributed by atoms with Crippen molar-refractivity contribution in [2.75, 3.05) is 0 Å². The summed E-state index contributed by atoms with van der Waals surface area (Å²) in [6, 6.07) is 72.6. The first kappa shape index (κ1) is 40.6. The lowest BCUT2D eigenvalue weighted by Crippen LogP contribution is -2.19. The van der Waals surface area contributed by atoms with E-state index < -0.39 is 0 Å². The Hall–Kier alpha value is -9.06. The normalized spacial score (nSPS) is 16.8. The zero-order chi connectivity index (χ0) is 48.1. The average molecular weight is 936 g/mol. The van der Waals surface area contributed by atoms with Crippen LogP contribution in [0.15, 0.2) is 225 Å². The molecule has 3 unspecified atom stereocenters. The van der Waals surface area contributed by atoms with Gasteiger partial charge in [0.25, 0.3) is 0 Å². The highest BCUT2D eigenvalue weighted by Crippen LogP contribution is 2.48. The van der Waals surface area contributed by atoms with Crippen LogP contribution in [-0.2, 0) is 0 Å². The molecule has 0 fully saturated rings. The summed E-state index contributed by atoms with van der Waals surface area (Å²) < 4.78 is 12.7. The Bertz CT molecular complexity index is 4730. The second-order valence-electron chi connectivity index (χ2n) is 20.5. The number of aromatic nitrogens is 5. The highest BCUT2D eigenvalue weighted by molar-refractivity contribution is 6.27. The van der Waals surface area contributed by atoms with Crippen LogP contribution in [-0.4, -0.2) is 22.8 Å². The smallest absolute Gasteiger partial charge is 0.0641 e. The predicted octanol–water partition coefficient (Wildman–Crippen LogP) is 17.9. The molecule has 2 aliphatic carbocycles. The zero-order valence-electron chi connectivity index (χ0n) is 40.6. The van der Waals surface area contributed by atoms with E-state index in [-0.39, 0.29) is 6.04 Å². The molecule has 2 aliphatic rings. The lowest BCUT2D eigenvalue weighted by atomic mass is 9.91. The number of hydrogen-bond acceptors (Lipinski definition) is 0. The van der Waals surface area contributed by atoms with Gasteiger partial charge in [-0.05, 0) is 103 Å². The van der Waals surface area contributed by atoms with Gasteiger partial charge in [-0.2, -0.15) is 0 Å². The first-order valence-electron chi connectivity index (χ1n) is 25.9. The molecule has 0 spiro atoms. The molecule has 0 saturated carbocycles. The van der Waals surface area contributed by atoms with Crippen LogP contribution < -0.4 is 0 Å². The molecular weight excluding hydrogens is 887 g/mol. The SMILES string of the molecule is CC1CC=Cc2c1n(C1C=CC=CC1C)c1ccc3c4ccccc4n(-c4ccc5c(c4)c4cc(-n6c7ccccc7c7ccc8c(c9ccccc9n8-c8ccccc8)c76)ccc4n5-c4ccccc4)c3c21. The van der Waals surface area contributed by atoms with E-state index in [9.17, 15) is 0 Å². The summed E-state index contributed by atoms with van der Waals surface area (Å²) in [5.41, 5.74) is 18.3. The third-order valence-corrected chi connectivity index (χ3v) is 16.5. The highest BCUT2D eigenvalue weighted by Gasteiger charge is 2.31. The Morgan fingerprint density at radius 2 is 0.849 bits per heavy atom. The van der Waals surface area contributed by atoms with Crippen molar-refractivity contribution in [1.29, 1.82) is 0 Å². The fourth-order valence-electron chi connectivity index (χ4n) is 13.5. The van der Waals surface area contributed by atoms with Gasteiger partial charge < -0.3 is 22.8 Å². The van der Waals surface area contributed by atoms with E-state index in [2.05, 4.69) is 267 Å². The number of allylic oxidation sites excluding steroid dienone is 5. The molecule has 14 aromatic rings. The number of rotatable bonds is 5. The molecule has 5 nitrogen and oxygen atoms in total. The fourth-order valence-corrected chi connectivity index (χ4v) is 13.5. The van der Waals surface area contributed by atoms with E-state index in [4.69, 9.17) is 0 Å². The van der Waals surface area contributed by atoms with Crippen LogP contribution in [0.3, 0.4) is 0 Å². The molecule has 0 N–H and O–H groups in total. The number of para-hydroxylation sites is 5. The van der Waals surface area contributed by atoms with Gasteiger partial charge in [-0.3, -0.25) is 0 Å². The van der Waals surface area contributed by atoms with Gasteiger partial charge in [0.15, 0.2) is 0 Å². The first-order valence-corrected chi connectivity index (χ1v) is 25.9. The second-order valence-corrected chi connectivity index (χ2v) is 20.5. The molecule has 0 amide bonds. The van der Waals surface area contributed by atoms with Gasteiger partial charge in [0, 0.05) is 88.4 Å². The molecule has 3 atom stereocenters. The second kappa shape index (κ2) is 15.2. The quantitative estimate of drug-likeness (QED) is 0.164. The van der Waals surface area contributed by atoms with Gasteiger partial charge in [-0.1, -0.05) is 153 Å². The van der Waals surface area contributed by atoms with Gasteiger partial charge in [0.05, 0.1) is 55.7 Å². The van der Waals surface area contributed by atoms with Crippen LogP contribution >= 0.6 is 0 Å². The summed E-state index contributed by atoms with van der Waals surface area (Å²) in [5.74, 6) is 0.774. The van der Waals surface area contributed by atoms with Crippen molar-refractivity contribution in [2.24, 2.45) is 5.92 Å². The van der Waals surface area contributed by atoms with Crippen molar-refractivity contribution in [1.82, 2.24) is 22.8 Å². The Labute approximate surface area is 421 Å². The molecule has 5 heteroatoms. The third kappa shape index (κ3) is 5.57. The van der Waals surface area contributed by atoms with E-state index in [0.717, 1.165) is 29.2 Å². The summed E-state index contributed by atoms with van der Waals surface area (Å²) in [7, 11) is 0. The maximum absolute atomic E-state index is 2.69. The number of nitrogens with zero attached hydrogens (tertiary/aromatic N) is 5. The molecule has 5 heterocycles. The number of hydrogen-bond donors (Lipinski definition) is 0.